The Kier molecular flexibility index (Phi) is 4.61. The van der Waals surface area contributed by atoms with Crippen molar-refractivity contribution in [3.63, 3.8) is 0 Å². The number of hydrogen-bond donors (Lipinski definition) is 0. The van der Waals surface area contributed by atoms with Crippen molar-refractivity contribution in [2.24, 2.45) is 5.41 Å². The van der Waals surface area contributed by atoms with Crippen LogP contribution in [0.1, 0.15) is 30.5 Å². The quantitative estimate of drug-likeness (QED) is 0.781. The van der Waals surface area contributed by atoms with Crippen molar-refractivity contribution in [3.8, 4) is 0 Å². The zero-order chi connectivity index (χ0) is 14.8. The highest BCUT2D eigenvalue weighted by Crippen LogP contribution is 2.27. The molecule has 0 aliphatic rings. The van der Waals surface area contributed by atoms with Crippen molar-refractivity contribution in [3.05, 3.63) is 28.8 Å². The standard InChI is InChI=1S/C16H25NO2/c1-11-8-13(3)14(9-12(11)2)17(6)10-16(4,5)15(18)19-7/h8-9H,10H2,1-7H3. The molecule has 0 aromatic heterocycles. The summed E-state index contributed by atoms with van der Waals surface area (Å²) < 4.78 is 4.86. The third-order valence-electron chi connectivity index (χ3n) is 3.59. The Hall–Kier alpha value is -1.51. The maximum atomic E-state index is 11.8. The second-order valence-electron chi connectivity index (χ2n) is 5.95. The number of hydrogen-bond acceptors (Lipinski definition) is 3. The molecule has 106 valence electrons. The summed E-state index contributed by atoms with van der Waals surface area (Å²) in [7, 11) is 3.45. The first-order valence-corrected chi connectivity index (χ1v) is 6.56. The Bertz CT molecular complexity index is 478. The maximum absolute atomic E-state index is 11.8. The van der Waals surface area contributed by atoms with Crippen LogP contribution in [0.3, 0.4) is 0 Å². The van der Waals surface area contributed by atoms with Gasteiger partial charge in [0.1, 0.15) is 0 Å². The molecule has 0 saturated carbocycles. The van der Waals surface area contributed by atoms with Gasteiger partial charge < -0.3 is 9.64 Å². The molecule has 0 saturated heterocycles. The van der Waals surface area contributed by atoms with Crippen molar-refractivity contribution in [1.82, 2.24) is 0 Å². The molecular formula is C16H25NO2. The molecule has 0 bridgehead atoms. The van der Waals surface area contributed by atoms with Crippen LogP contribution in [0.2, 0.25) is 0 Å². The lowest BCUT2D eigenvalue weighted by atomic mass is 9.92. The zero-order valence-electron chi connectivity index (χ0n) is 13.1. The van der Waals surface area contributed by atoms with Gasteiger partial charge in [-0.2, -0.15) is 0 Å². The molecule has 0 atom stereocenters. The van der Waals surface area contributed by atoms with Crippen molar-refractivity contribution < 1.29 is 9.53 Å². The van der Waals surface area contributed by atoms with Gasteiger partial charge in [-0.05, 0) is 57.4 Å². The van der Waals surface area contributed by atoms with Gasteiger partial charge in [-0.3, -0.25) is 4.79 Å². The molecule has 19 heavy (non-hydrogen) atoms. The van der Waals surface area contributed by atoms with Gasteiger partial charge >= 0.3 is 5.97 Å². The number of esters is 1. The van der Waals surface area contributed by atoms with E-state index in [2.05, 4.69) is 37.8 Å². The Balaban J connectivity index is 2.99. The SMILES string of the molecule is COC(=O)C(C)(C)CN(C)c1cc(C)c(C)cc1C. The number of carbonyl (C=O) groups excluding carboxylic acids is 1. The lowest BCUT2D eigenvalue weighted by Crippen LogP contribution is -2.38. The molecule has 0 amide bonds. The number of anilines is 1. The smallest absolute Gasteiger partial charge is 0.313 e. The minimum atomic E-state index is -0.519. The molecule has 0 aliphatic heterocycles. The Morgan fingerprint density at radius 1 is 1.16 bits per heavy atom. The summed E-state index contributed by atoms with van der Waals surface area (Å²) in [5.41, 5.74) is 4.44. The normalized spacial score (nSPS) is 11.3. The largest absolute Gasteiger partial charge is 0.469 e. The summed E-state index contributed by atoms with van der Waals surface area (Å²) in [5, 5.41) is 0. The first-order chi connectivity index (χ1) is 8.69. The second kappa shape index (κ2) is 5.64. The molecule has 0 heterocycles. The molecule has 0 fully saturated rings. The number of nitrogens with zero attached hydrogens (tertiary/aromatic N) is 1. The number of aryl methyl sites for hydroxylation is 3. The topological polar surface area (TPSA) is 29.5 Å². The lowest BCUT2D eigenvalue weighted by Gasteiger charge is -2.30. The molecule has 0 aliphatic carbocycles. The van der Waals surface area contributed by atoms with Gasteiger partial charge in [0, 0.05) is 19.3 Å². The monoisotopic (exact) mass is 263 g/mol. The fraction of sp³-hybridized carbons (Fsp3) is 0.562. The van der Waals surface area contributed by atoms with Crippen LogP contribution in [0, 0.1) is 26.2 Å². The second-order valence-corrected chi connectivity index (χ2v) is 5.95. The average Bonchev–Trinajstić information content (AvgIpc) is 2.31. The van der Waals surface area contributed by atoms with Crippen molar-refractivity contribution in [1.29, 1.82) is 0 Å². The minimum absolute atomic E-state index is 0.180. The molecule has 0 unspecified atom stereocenters. The highest BCUT2D eigenvalue weighted by molar-refractivity contribution is 5.76. The van der Waals surface area contributed by atoms with Crippen LogP contribution in [0.25, 0.3) is 0 Å². The number of rotatable bonds is 4. The van der Waals surface area contributed by atoms with Crippen LogP contribution < -0.4 is 4.90 Å². The summed E-state index contributed by atoms with van der Waals surface area (Å²) in [6.07, 6.45) is 0. The Morgan fingerprint density at radius 2 is 1.68 bits per heavy atom. The van der Waals surface area contributed by atoms with Crippen LogP contribution >= 0.6 is 0 Å². The molecule has 3 nitrogen and oxygen atoms in total. The molecular weight excluding hydrogens is 238 g/mol. The van der Waals surface area contributed by atoms with E-state index < -0.39 is 5.41 Å². The summed E-state index contributed by atoms with van der Waals surface area (Å²) in [5.74, 6) is -0.180. The Labute approximate surface area is 116 Å². The highest BCUT2D eigenvalue weighted by atomic mass is 16.5. The van der Waals surface area contributed by atoms with Crippen molar-refractivity contribution in [2.45, 2.75) is 34.6 Å². The number of ether oxygens (including phenoxy) is 1. The molecule has 0 spiro atoms. The van der Waals surface area contributed by atoms with E-state index in [9.17, 15) is 4.79 Å². The summed E-state index contributed by atoms with van der Waals surface area (Å²) in [6.45, 7) is 10.8. The Morgan fingerprint density at radius 3 is 2.21 bits per heavy atom. The fourth-order valence-electron chi connectivity index (χ4n) is 2.38. The fourth-order valence-corrected chi connectivity index (χ4v) is 2.38. The number of methoxy groups -OCH3 is 1. The van der Waals surface area contributed by atoms with E-state index in [0.717, 1.165) is 0 Å². The van der Waals surface area contributed by atoms with E-state index >= 15 is 0 Å². The van der Waals surface area contributed by atoms with E-state index in [1.54, 1.807) is 0 Å². The van der Waals surface area contributed by atoms with Crippen molar-refractivity contribution in [2.75, 3.05) is 25.6 Å². The zero-order valence-corrected chi connectivity index (χ0v) is 13.1. The third kappa shape index (κ3) is 3.49. The van der Waals surface area contributed by atoms with E-state index in [1.807, 2.05) is 20.9 Å². The number of benzene rings is 1. The molecule has 1 aromatic carbocycles. The van der Waals surface area contributed by atoms with Gasteiger partial charge in [0.15, 0.2) is 0 Å². The summed E-state index contributed by atoms with van der Waals surface area (Å²) >= 11 is 0. The molecule has 0 N–H and O–H groups in total. The van der Waals surface area contributed by atoms with Gasteiger partial charge in [-0.1, -0.05) is 6.07 Å². The third-order valence-corrected chi connectivity index (χ3v) is 3.59. The van der Waals surface area contributed by atoms with Crippen molar-refractivity contribution >= 4 is 11.7 Å². The maximum Gasteiger partial charge on any atom is 0.313 e. The van der Waals surface area contributed by atoms with Crippen LogP contribution in [-0.2, 0) is 9.53 Å². The van der Waals surface area contributed by atoms with Gasteiger partial charge in [-0.25, -0.2) is 0 Å². The van der Waals surface area contributed by atoms with Crippen LogP contribution in [0.15, 0.2) is 12.1 Å². The van der Waals surface area contributed by atoms with Gasteiger partial charge in [0.2, 0.25) is 0 Å². The van der Waals surface area contributed by atoms with Crippen LogP contribution in [0.5, 0.6) is 0 Å². The van der Waals surface area contributed by atoms with Crippen LogP contribution in [0.4, 0.5) is 5.69 Å². The predicted molar refractivity (Wildman–Crippen MR) is 79.7 cm³/mol. The lowest BCUT2D eigenvalue weighted by molar-refractivity contribution is -0.150. The first-order valence-electron chi connectivity index (χ1n) is 6.56. The molecule has 1 aromatic rings. The number of carbonyl (C=O) groups is 1. The van der Waals surface area contributed by atoms with E-state index in [-0.39, 0.29) is 5.97 Å². The van der Waals surface area contributed by atoms with E-state index in [1.165, 1.54) is 29.5 Å². The molecule has 3 heteroatoms. The molecule has 1 rings (SSSR count). The van der Waals surface area contributed by atoms with Gasteiger partial charge in [0.25, 0.3) is 0 Å². The average molecular weight is 263 g/mol. The highest BCUT2D eigenvalue weighted by Gasteiger charge is 2.30. The first kappa shape index (κ1) is 15.5. The van der Waals surface area contributed by atoms with Gasteiger partial charge in [-0.15, -0.1) is 0 Å². The minimum Gasteiger partial charge on any atom is -0.469 e. The van der Waals surface area contributed by atoms with Crippen LogP contribution in [-0.4, -0.2) is 26.7 Å². The molecule has 0 radical (unpaired) electrons. The summed E-state index contributed by atoms with van der Waals surface area (Å²) in [4.78, 5) is 13.9. The summed E-state index contributed by atoms with van der Waals surface area (Å²) in [6, 6.07) is 4.37. The van der Waals surface area contributed by atoms with Gasteiger partial charge in [0.05, 0.1) is 12.5 Å². The van der Waals surface area contributed by atoms with E-state index in [4.69, 9.17) is 4.74 Å². The van der Waals surface area contributed by atoms with E-state index in [0.29, 0.717) is 6.54 Å². The predicted octanol–water partition coefficient (Wildman–Crippen LogP) is 3.25.